The maximum Gasteiger partial charge on any atom is 0.147 e. The highest BCUT2D eigenvalue weighted by Crippen LogP contribution is 2.34. The summed E-state index contributed by atoms with van der Waals surface area (Å²) >= 11 is 0. The van der Waals surface area contributed by atoms with Gasteiger partial charge in [0, 0.05) is 18.2 Å². The zero-order valence-electron chi connectivity index (χ0n) is 11.0. The van der Waals surface area contributed by atoms with Crippen LogP contribution in [0.1, 0.15) is 35.3 Å². The number of hydrogen-bond donors (Lipinski definition) is 1. The first kappa shape index (κ1) is 13.2. The molecule has 1 N–H and O–H groups in total. The third kappa shape index (κ3) is 2.57. The smallest absolute Gasteiger partial charge is 0.147 e. The molecule has 0 radical (unpaired) electrons. The van der Waals surface area contributed by atoms with E-state index >= 15 is 0 Å². The molecule has 3 nitrogen and oxygen atoms in total. The molecule has 0 bridgehead atoms. The van der Waals surface area contributed by atoms with E-state index in [0.29, 0.717) is 13.0 Å². The molecule has 1 aliphatic rings. The molecule has 0 fully saturated rings. The quantitative estimate of drug-likeness (QED) is 0.935. The van der Waals surface area contributed by atoms with Crippen molar-refractivity contribution in [2.24, 2.45) is 0 Å². The fraction of sp³-hybridized carbons (Fsp3) is 0.312. The Morgan fingerprint density at radius 3 is 3.05 bits per heavy atom. The molecule has 3 rings (SSSR count). The maximum absolute atomic E-state index is 13.6. The highest BCUT2D eigenvalue weighted by Gasteiger charge is 2.25. The normalized spacial score (nSPS) is 19.4. The number of aliphatic hydroxyl groups is 1. The molecule has 0 saturated heterocycles. The van der Waals surface area contributed by atoms with Gasteiger partial charge in [0.1, 0.15) is 5.82 Å². The number of benzene rings is 1. The van der Waals surface area contributed by atoms with Crippen molar-refractivity contribution in [3.05, 3.63) is 65.2 Å². The van der Waals surface area contributed by atoms with E-state index in [4.69, 9.17) is 4.74 Å². The Labute approximate surface area is 117 Å². The Morgan fingerprint density at radius 2 is 2.20 bits per heavy atom. The molecule has 0 spiro atoms. The van der Waals surface area contributed by atoms with E-state index in [-0.39, 0.29) is 11.7 Å². The van der Waals surface area contributed by atoms with Crippen LogP contribution in [0, 0.1) is 5.82 Å². The molecule has 4 heteroatoms. The van der Waals surface area contributed by atoms with Gasteiger partial charge in [0.15, 0.2) is 0 Å². The average Bonchev–Trinajstić information content (AvgIpc) is 2.48. The molecule has 104 valence electrons. The Balaban J connectivity index is 1.81. The summed E-state index contributed by atoms with van der Waals surface area (Å²) in [7, 11) is 0. The van der Waals surface area contributed by atoms with Gasteiger partial charge >= 0.3 is 0 Å². The van der Waals surface area contributed by atoms with Gasteiger partial charge in [-0.05, 0) is 23.6 Å². The van der Waals surface area contributed by atoms with Crippen molar-refractivity contribution in [1.82, 2.24) is 4.98 Å². The number of hydrogen-bond acceptors (Lipinski definition) is 3. The largest absolute Gasteiger partial charge is 0.388 e. The molecule has 0 amide bonds. The summed E-state index contributed by atoms with van der Waals surface area (Å²) in [5.74, 6) is -0.482. The maximum atomic E-state index is 13.6. The summed E-state index contributed by atoms with van der Waals surface area (Å²) in [5.41, 5.74) is 2.60. The third-order valence-electron chi connectivity index (χ3n) is 3.69. The van der Waals surface area contributed by atoms with Crippen LogP contribution in [0.5, 0.6) is 0 Å². The fourth-order valence-electron chi connectivity index (χ4n) is 2.66. The van der Waals surface area contributed by atoms with E-state index in [0.717, 1.165) is 18.2 Å². The molecule has 1 aliphatic heterocycles. The van der Waals surface area contributed by atoms with Crippen molar-refractivity contribution in [3.8, 4) is 0 Å². The number of halogens is 1. The third-order valence-corrected chi connectivity index (χ3v) is 3.69. The highest BCUT2D eigenvalue weighted by molar-refractivity contribution is 5.31. The summed E-state index contributed by atoms with van der Waals surface area (Å²) in [4.78, 5) is 3.69. The van der Waals surface area contributed by atoms with Gasteiger partial charge in [0.05, 0.1) is 25.0 Å². The van der Waals surface area contributed by atoms with Gasteiger partial charge in [-0.2, -0.15) is 0 Å². The van der Waals surface area contributed by atoms with Gasteiger partial charge in [-0.3, -0.25) is 4.98 Å². The molecule has 2 unspecified atom stereocenters. The number of pyridine rings is 1. The van der Waals surface area contributed by atoms with Crippen LogP contribution in [0.4, 0.5) is 4.39 Å². The molecule has 1 aromatic heterocycles. The Bertz CT molecular complexity index is 603. The minimum atomic E-state index is -0.894. The van der Waals surface area contributed by atoms with Crippen molar-refractivity contribution in [3.63, 3.8) is 0 Å². The predicted octanol–water partition coefficient (Wildman–Crippen LogP) is 2.96. The lowest BCUT2D eigenvalue weighted by atomic mass is 9.92. The highest BCUT2D eigenvalue weighted by atomic mass is 19.1. The van der Waals surface area contributed by atoms with E-state index in [2.05, 4.69) is 11.1 Å². The summed E-state index contributed by atoms with van der Waals surface area (Å²) in [5, 5.41) is 10.2. The van der Waals surface area contributed by atoms with Gasteiger partial charge in [-0.25, -0.2) is 4.39 Å². The molecular formula is C16H16FNO2. The van der Waals surface area contributed by atoms with Gasteiger partial charge < -0.3 is 9.84 Å². The minimum Gasteiger partial charge on any atom is -0.388 e. The molecule has 2 atom stereocenters. The second kappa shape index (κ2) is 5.69. The fourth-order valence-corrected chi connectivity index (χ4v) is 2.66. The van der Waals surface area contributed by atoms with Crippen molar-refractivity contribution in [1.29, 1.82) is 0 Å². The number of nitrogens with zero attached hydrogens (tertiary/aromatic N) is 1. The Hall–Kier alpha value is -1.78. The second-order valence-corrected chi connectivity index (χ2v) is 4.96. The van der Waals surface area contributed by atoms with Crippen LogP contribution in [0.25, 0.3) is 0 Å². The Morgan fingerprint density at radius 1 is 1.35 bits per heavy atom. The SMILES string of the molecule is OC(CC1OCCc2ccccc21)c1ccncc1F. The first-order valence-electron chi connectivity index (χ1n) is 6.72. The second-order valence-electron chi connectivity index (χ2n) is 4.96. The van der Waals surface area contributed by atoms with Gasteiger partial charge in [0.2, 0.25) is 0 Å². The van der Waals surface area contributed by atoms with Gasteiger partial charge in [-0.15, -0.1) is 0 Å². The number of aliphatic hydroxyl groups excluding tert-OH is 1. The van der Waals surface area contributed by atoms with E-state index in [1.165, 1.54) is 17.8 Å². The number of fused-ring (bicyclic) bond motifs is 1. The lowest BCUT2D eigenvalue weighted by molar-refractivity contribution is 0.00301. The molecule has 2 aromatic rings. The summed E-state index contributed by atoms with van der Waals surface area (Å²) in [6.45, 7) is 0.632. The molecule has 1 aromatic carbocycles. The molecular weight excluding hydrogens is 257 g/mol. The zero-order valence-corrected chi connectivity index (χ0v) is 11.0. The summed E-state index contributed by atoms with van der Waals surface area (Å²) < 4.78 is 19.4. The predicted molar refractivity (Wildman–Crippen MR) is 72.6 cm³/mol. The molecule has 20 heavy (non-hydrogen) atoms. The van der Waals surface area contributed by atoms with Gasteiger partial charge in [0.25, 0.3) is 0 Å². The summed E-state index contributed by atoms with van der Waals surface area (Å²) in [6.07, 6.45) is 2.74. The minimum absolute atomic E-state index is 0.192. The van der Waals surface area contributed by atoms with Gasteiger partial charge in [-0.1, -0.05) is 24.3 Å². The molecule has 0 aliphatic carbocycles. The first-order chi connectivity index (χ1) is 9.75. The molecule has 0 saturated carbocycles. The lowest BCUT2D eigenvalue weighted by Gasteiger charge is -2.27. The van der Waals surface area contributed by atoms with Crippen molar-refractivity contribution in [2.75, 3.05) is 6.61 Å². The average molecular weight is 273 g/mol. The van der Waals surface area contributed by atoms with E-state index in [1.54, 1.807) is 0 Å². The van der Waals surface area contributed by atoms with Crippen LogP contribution < -0.4 is 0 Å². The van der Waals surface area contributed by atoms with Crippen LogP contribution in [-0.2, 0) is 11.2 Å². The van der Waals surface area contributed by atoms with E-state index < -0.39 is 11.9 Å². The number of rotatable bonds is 3. The first-order valence-corrected chi connectivity index (χ1v) is 6.72. The number of aromatic nitrogens is 1. The van der Waals surface area contributed by atoms with Crippen LogP contribution in [0.15, 0.2) is 42.7 Å². The van der Waals surface area contributed by atoms with E-state index in [1.807, 2.05) is 18.2 Å². The van der Waals surface area contributed by atoms with Crippen LogP contribution in [0.3, 0.4) is 0 Å². The number of ether oxygens (including phenoxy) is 1. The van der Waals surface area contributed by atoms with Crippen molar-refractivity contribution >= 4 is 0 Å². The van der Waals surface area contributed by atoms with Crippen molar-refractivity contribution in [2.45, 2.75) is 25.0 Å². The van der Waals surface area contributed by atoms with Crippen LogP contribution in [0.2, 0.25) is 0 Å². The monoisotopic (exact) mass is 273 g/mol. The van der Waals surface area contributed by atoms with Crippen LogP contribution in [-0.4, -0.2) is 16.7 Å². The lowest BCUT2D eigenvalue weighted by Crippen LogP contribution is -2.18. The molecule has 2 heterocycles. The zero-order chi connectivity index (χ0) is 13.9. The van der Waals surface area contributed by atoms with Crippen molar-refractivity contribution < 1.29 is 14.2 Å². The van der Waals surface area contributed by atoms with E-state index in [9.17, 15) is 9.50 Å². The van der Waals surface area contributed by atoms with Crippen LogP contribution >= 0.6 is 0 Å². The standard InChI is InChI=1S/C16H16FNO2/c17-14-10-18-7-5-13(14)15(19)9-16-12-4-2-1-3-11(12)6-8-20-16/h1-5,7,10,15-16,19H,6,8-9H2. The Kier molecular flexibility index (Phi) is 3.76. The topological polar surface area (TPSA) is 42.4 Å². The summed E-state index contributed by atoms with van der Waals surface area (Å²) in [6, 6.07) is 9.55.